The number of hydrogen-bond acceptors (Lipinski definition) is 7. The van der Waals surface area contributed by atoms with Crippen molar-refractivity contribution in [2.75, 3.05) is 41.1 Å². The summed E-state index contributed by atoms with van der Waals surface area (Å²) in [5.74, 6) is 1.91. The second-order valence-electron chi connectivity index (χ2n) is 6.68. The fourth-order valence-electron chi connectivity index (χ4n) is 3.91. The predicted octanol–water partition coefficient (Wildman–Crippen LogP) is 1.78. The van der Waals surface area contributed by atoms with E-state index in [1.54, 1.807) is 14.2 Å². The van der Waals surface area contributed by atoms with E-state index in [4.69, 9.17) is 28.4 Å². The molecule has 0 unspecified atom stereocenters. The van der Waals surface area contributed by atoms with Gasteiger partial charge in [0.1, 0.15) is 19.7 Å². The minimum absolute atomic E-state index is 0.0677. The third-order valence-electron chi connectivity index (χ3n) is 5.14. The number of hydrogen-bond donors (Lipinski definition) is 1. The van der Waals surface area contributed by atoms with Crippen molar-refractivity contribution in [3.05, 3.63) is 35.4 Å². The van der Waals surface area contributed by atoms with E-state index in [9.17, 15) is 0 Å². The fourth-order valence-corrected chi connectivity index (χ4v) is 3.91. The Balaban J connectivity index is 1.56. The third-order valence-corrected chi connectivity index (χ3v) is 5.14. The average molecular weight is 363 g/mol. The molecule has 0 saturated carbocycles. The summed E-state index contributed by atoms with van der Waals surface area (Å²) in [6.07, 6.45) is 2.79. The van der Waals surface area contributed by atoms with Gasteiger partial charge in [-0.05, 0) is 29.7 Å². The van der Waals surface area contributed by atoms with Gasteiger partial charge in [0, 0.05) is 32.7 Å². The van der Waals surface area contributed by atoms with E-state index < -0.39 is 0 Å². The van der Waals surface area contributed by atoms with Crippen LogP contribution in [0, 0.1) is 0 Å². The van der Waals surface area contributed by atoms with Crippen molar-refractivity contribution in [3.63, 3.8) is 0 Å². The molecule has 4 atom stereocenters. The lowest BCUT2D eigenvalue weighted by Crippen LogP contribution is -2.41. The lowest BCUT2D eigenvalue weighted by molar-refractivity contribution is -0.148. The molecule has 2 aliphatic heterocycles. The molecule has 1 N–H and O–H groups in total. The summed E-state index contributed by atoms with van der Waals surface area (Å²) in [4.78, 5) is 0. The molecular weight excluding hydrogens is 338 g/mol. The molecule has 7 heteroatoms. The van der Waals surface area contributed by atoms with Crippen molar-refractivity contribution < 1.29 is 28.4 Å². The van der Waals surface area contributed by atoms with E-state index in [1.165, 1.54) is 11.1 Å². The Kier molecular flexibility index (Phi) is 5.42. The van der Waals surface area contributed by atoms with Crippen molar-refractivity contribution in [3.8, 4) is 11.5 Å². The topological polar surface area (TPSA) is 67.4 Å². The van der Waals surface area contributed by atoms with Crippen LogP contribution in [0.3, 0.4) is 0 Å². The number of rotatable bonds is 7. The van der Waals surface area contributed by atoms with E-state index in [2.05, 4.69) is 23.5 Å². The maximum atomic E-state index is 5.86. The first-order chi connectivity index (χ1) is 12.8. The molecule has 4 rings (SSSR count). The Morgan fingerprint density at radius 3 is 2.73 bits per heavy atom. The molecule has 1 aliphatic carbocycles. The molecule has 1 aromatic rings. The molecule has 0 bridgehead atoms. The summed E-state index contributed by atoms with van der Waals surface area (Å²) in [5.41, 5.74) is 2.56. The highest BCUT2D eigenvalue weighted by Crippen LogP contribution is 2.41. The Bertz CT molecular complexity index is 663. The maximum Gasteiger partial charge on any atom is 0.231 e. The molecule has 2 heterocycles. The van der Waals surface area contributed by atoms with Crippen LogP contribution in [-0.2, 0) is 18.9 Å². The van der Waals surface area contributed by atoms with Gasteiger partial charge >= 0.3 is 0 Å². The minimum atomic E-state index is -0.159. The number of benzene rings is 1. The van der Waals surface area contributed by atoms with Gasteiger partial charge in [-0.15, -0.1) is 0 Å². The van der Waals surface area contributed by atoms with Crippen molar-refractivity contribution in [1.29, 1.82) is 0 Å². The zero-order chi connectivity index (χ0) is 17.9. The van der Waals surface area contributed by atoms with Crippen LogP contribution in [0.15, 0.2) is 29.8 Å². The van der Waals surface area contributed by atoms with Crippen molar-refractivity contribution in [2.45, 2.75) is 30.6 Å². The molecule has 0 aromatic heterocycles. The summed E-state index contributed by atoms with van der Waals surface area (Å²) < 4.78 is 32.8. The van der Waals surface area contributed by atoms with Crippen LogP contribution in [0.1, 0.15) is 17.9 Å². The SMILES string of the molecule is COCO[C@@H]1C=C2[C@@H](C[C@H]1OCOC)NC[C@@H]2c1ccc2c(c1)OCO2. The van der Waals surface area contributed by atoms with Gasteiger partial charge < -0.3 is 33.7 Å². The molecule has 1 aromatic carbocycles. The van der Waals surface area contributed by atoms with Gasteiger partial charge in [0.15, 0.2) is 11.5 Å². The molecule has 1 fully saturated rings. The molecule has 3 aliphatic rings. The van der Waals surface area contributed by atoms with Gasteiger partial charge in [-0.3, -0.25) is 0 Å². The van der Waals surface area contributed by atoms with Crippen molar-refractivity contribution in [2.24, 2.45) is 0 Å². The van der Waals surface area contributed by atoms with Crippen LogP contribution in [0.2, 0.25) is 0 Å². The normalized spacial score (nSPS) is 29.5. The quantitative estimate of drug-likeness (QED) is 0.585. The second kappa shape index (κ2) is 7.94. The maximum absolute atomic E-state index is 5.86. The monoisotopic (exact) mass is 363 g/mol. The largest absolute Gasteiger partial charge is 0.454 e. The number of fused-ring (bicyclic) bond motifs is 2. The number of nitrogens with one attached hydrogen (secondary N) is 1. The van der Waals surface area contributed by atoms with Crippen molar-refractivity contribution in [1.82, 2.24) is 5.32 Å². The molecular formula is C19H25NO6. The Labute approximate surface area is 153 Å². The van der Waals surface area contributed by atoms with Gasteiger partial charge in [0.05, 0.1) is 6.10 Å². The first kappa shape index (κ1) is 17.8. The van der Waals surface area contributed by atoms with Crippen LogP contribution in [-0.4, -0.2) is 59.4 Å². The molecule has 0 spiro atoms. The Hall–Kier alpha value is -1.64. The lowest BCUT2D eigenvalue weighted by atomic mass is 9.83. The van der Waals surface area contributed by atoms with Crippen LogP contribution in [0.25, 0.3) is 0 Å². The molecule has 1 saturated heterocycles. The predicted molar refractivity (Wildman–Crippen MR) is 93.3 cm³/mol. The molecule has 0 radical (unpaired) electrons. The Morgan fingerprint density at radius 2 is 1.88 bits per heavy atom. The van der Waals surface area contributed by atoms with E-state index in [0.717, 1.165) is 24.5 Å². The van der Waals surface area contributed by atoms with Crippen molar-refractivity contribution >= 4 is 0 Å². The first-order valence-corrected chi connectivity index (χ1v) is 8.85. The number of methoxy groups -OCH3 is 2. The van der Waals surface area contributed by atoms with Crippen LogP contribution < -0.4 is 14.8 Å². The standard InChI is InChI=1S/C19H25NO6/c1-21-9-23-18-6-13-14(8-20-15(13)7-19(18)24-10-22-2)12-3-4-16-17(5-12)26-11-25-16/h3-6,14-15,18-20H,7-11H2,1-2H3/t14-,15-,18-,19-/m1/s1. The first-order valence-electron chi connectivity index (χ1n) is 8.85. The highest BCUT2D eigenvalue weighted by atomic mass is 16.7. The summed E-state index contributed by atoms with van der Waals surface area (Å²) in [6, 6.07) is 6.45. The average Bonchev–Trinajstić information content (AvgIpc) is 3.29. The Morgan fingerprint density at radius 1 is 1.08 bits per heavy atom. The lowest BCUT2D eigenvalue weighted by Gasteiger charge is -2.33. The number of ether oxygens (including phenoxy) is 6. The zero-order valence-electron chi connectivity index (χ0n) is 15.1. The molecule has 0 amide bonds. The van der Waals surface area contributed by atoms with Crippen LogP contribution in [0.4, 0.5) is 0 Å². The highest BCUT2D eigenvalue weighted by Gasteiger charge is 2.40. The van der Waals surface area contributed by atoms with E-state index >= 15 is 0 Å². The van der Waals surface area contributed by atoms with Gasteiger partial charge in [0.2, 0.25) is 6.79 Å². The van der Waals surface area contributed by atoms with Gasteiger partial charge in [-0.1, -0.05) is 12.1 Å². The summed E-state index contributed by atoms with van der Waals surface area (Å²) in [7, 11) is 3.24. The van der Waals surface area contributed by atoms with Gasteiger partial charge in [0.25, 0.3) is 0 Å². The van der Waals surface area contributed by atoms with Gasteiger partial charge in [-0.2, -0.15) is 0 Å². The fraction of sp³-hybridized carbons (Fsp3) is 0.579. The summed E-state index contributed by atoms with van der Waals surface area (Å²) in [5, 5.41) is 3.61. The highest BCUT2D eigenvalue weighted by molar-refractivity contribution is 5.48. The summed E-state index contributed by atoms with van der Waals surface area (Å²) in [6.45, 7) is 1.65. The van der Waals surface area contributed by atoms with Gasteiger partial charge in [-0.25, -0.2) is 0 Å². The smallest absolute Gasteiger partial charge is 0.231 e. The van der Waals surface area contributed by atoms with Crippen LogP contribution >= 0.6 is 0 Å². The van der Waals surface area contributed by atoms with Crippen LogP contribution in [0.5, 0.6) is 11.5 Å². The third kappa shape index (κ3) is 3.45. The van der Waals surface area contributed by atoms with E-state index in [-0.39, 0.29) is 37.8 Å². The second-order valence-corrected chi connectivity index (χ2v) is 6.68. The van der Waals surface area contributed by atoms with E-state index in [0.29, 0.717) is 6.79 Å². The van der Waals surface area contributed by atoms with E-state index in [1.807, 2.05) is 6.07 Å². The molecule has 142 valence electrons. The molecule has 7 nitrogen and oxygen atoms in total. The molecule has 26 heavy (non-hydrogen) atoms. The minimum Gasteiger partial charge on any atom is -0.454 e. The zero-order valence-corrected chi connectivity index (χ0v) is 15.1. The summed E-state index contributed by atoms with van der Waals surface area (Å²) >= 11 is 0.